The molecule has 0 saturated heterocycles. The highest BCUT2D eigenvalue weighted by Gasteiger charge is 2.16. The number of aryl methyl sites for hydroxylation is 2. The molecule has 0 atom stereocenters. The first-order chi connectivity index (χ1) is 19.3. The van der Waals surface area contributed by atoms with Gasteiger partial charge in [-0.2, -0.15) is 0 Å². The summed E-state index contributed by atoms with van der Waals surface area (Å²) >= 11 is 0. The number of carbonyl (C=O) groups excluding carboxylic acids is 4. The van der Waals surface area contributed by atoms with E-state index in [2.05, 4.69) is 43.5 Å². The third-order valence-electron chi connectivity index (χ3n) is 5.41. The molecule has 0 aliphatic carbocycles. The van der Waals surface area contributed by atoms with Crippen LogP contribution < -0.4 is 0 Å². The second-order valence-electron chi connectivity index (χ2n) is 8.87. The molecule has 2 aromatic carbocycles. The first-order valence-electron chi connectivity index (χ1n) is 12.9. The Morgan fingerprint density at radius 2 is 0.975 bits per heavy atom. The highest BCUT2D eigenvalue weighted by atomic mass is 17.5. The molecule has 0 spiro atoms. The van der Waals surface area contributed by atoms with Gasteiger partial charge in [-0.3, -0.25) is 9.78 Å². The highest BCUT2D eigenvalue weighted by molar-refractivity contribution is 5.89. The van der Waals surface area contributed by atoms with Crippen LogP contribution in [0.1, 0.15) is 78.3 Å². The number of unbranched alkanes of at least 4 members (excludes halogenated alkanes) is 2. The van der Waals surface area contributed by atoms with Gasteiger partial charge in [-0.1, -0.05) is 57.9 Å². The molecule has 0 aromatic heterocycles. The Morgan fingerprint density at radius 3 is 1.32 bits per heavy atom. The van der Waals surface area contributed by atoms with Crippen molar-refractivity contribution in [3.05, 3.63) is 70.8 Å². The fraction of sp³-hybridized carbons (Fsp3) is 0.429. The predicted molar refractivity (Wildman–Crippen MR) is 137 cm³/mol. The number of hydrogen-bond donors (Lipinski definition) is 0. The van der Waals surface area contributed by atoms with Crippen molar-refractivity contribution in [1.82, 2.24) is 0 Å². The fourth-order valence-electron chi connectivity index (χ4n) is 3.14. The zero-order valence-electron chi connectivity index (χ0n) is 22.8. The van der Waals surface area contributed by atoms with Gasteiger partial charge >= 0.3 is 24.2 Å². The molecule has 0 aliphatic rings. The van der Waals surface area contributed by atoms with E-state index in [4.69, 9.17) is 9.47 Å². The maximum Gasteiger partial charge on any atom is 0.543 e. The Morgan fingerprint density at radius 1 is 0.600 bits per heavy atom. The van der Waals surface area contributed by atoms with E-state index in [1.54, 1.807) is 55.5 Å². The fourth-order valence-corrected chi connectivity index (χ4v) is 3.14. The zero-order chi connectivity index (χ0) is 29.2. The Bertz CT molecular complexity index is 980. The van der Waals surface area contributed by atoms with Crippen LogP contribution in [0.4, 0.5) is 9.59 Å². The van der Waals surface area contributed by atoms with Gasteiger partial charge in [0.15, 0.2) is 0 Å². The second kappa shape index (κ2) is 18.2. The lowest BCUT2D eigenvalue weighted by atomic mass is 10.1. The Balaban J connectivity index is 1.54. The number of rotatable bonds is 16. The van der Waals surface area contributed by atoms with Gasteiger partial charge in [0.25, 0.3) is 0 Å². The minimum absolute atomic E-state index is 0.213. The third kappa shape index (κ3) is 12.6. The lowest BCUT2D eigenvalue weighted by molar-refractivity contribution is -0.452. The smallest absolute Gasteiger partial charge is 0.432 e. The summed E-state index contributed by atoms with van der Waals surface area (Å²) in [5.41, 5.74) is 2.59. The molecule has 2 rings (SSSR count). The van der Waals surface area contributed by atoms with E-state index in [1.165, 1.54) is 0 Å². The van der Waals surface area contributed by atoms with Crippen molar-refractivity contribution in [3.63, 3.8) is 0 Å². The van der Waals surface area contributed by atoms with Gasteiger partial charge in [0, 0.05) is 5.92 Å². The molecule has 0 radical (unpaired) electrons. The van der Waals surface area contributed by atoms with Crippen molar-refractivity contribution in [1.29, 1.82) is 0 Å². The largest absolute Gasteiger partial charge is 0.543 e. The van der Waals surface area contributed by atoms with Crippen LogP contribution in [-0.2, 0) is 51.9 Å². The quantitative estimate of drug-likeness (QED) is 0.134. The Labute approximate surface area is 232 Å². The molecule has 12 nitrogen and oxygen atoms in total. The first-order valence-corrected chi connectivity index (χ1v) is 12.9. The molecule has 2 aromatic rings. The van der Waals surface area contributed by atoms with E-state index in [0.717, 1.165) is 49.7 Å². The van der Waals surface area contributed by atoms with E-state index >= 15 is 0 Å². The van der Waals surface area contributed by atoms with Gasteiger partial charge < -0.3 is 9.47 Å². The monoisotopic (exact) mass is 562 g/mol. The van der Waals surface area contributed by atoms with E-state index in [-0.39, 0.29) is 24.3 Å². The molecule has 0 bridgehead atoms. The standard InChI is InChI=1S/C28H34O12/c1-4-6-8-21-10-14-23(15-11-21)25(29)35-39-37-27(31)33-18-20(3)19-34-28(32)38-40-36-26(30)24-16-12-22(13-17-24)9-7-5-2/h10-17,20H,4-9,18-19H2,1-3H3. The van der Waals surface area contributed by atoms with Crippen molar-refractivity contribution in [2.45, 2.75) is 59.3 Å². The van der Waals surface area contributed by atoms with Crippen molar-refractivity contribution >= 4 is 24.2 Å². The van der Waals surface area contributed by atoms with Gasteiger partial charge in [0.1, 0.15) is 13.2 Å². The number of carbonyl (C=O) groups is 4. The van der Waals surface area contributed by atoms with Gasteiger partial charge in [-0.15, -0.1) is 0 Å². The van der Waals surface area contributed by atoms with Crippen molar-refractivity contribution < 1.29 is 58.3 Å². The minimum atomic E-state index is -1.29. The van der Waals surface area contributed by atoms with E-state index in [0.29, 0.717) is 0 Å². The average molecular weight is 563 g/mol. The maximum atomic E-state index is 11.9. The molecular formula is C28H34O12. The summed E-state index contributed by atoms with van der Waals surface area (Å²) in [6.07, 6.45) is 3.44. The van der Waals surface area contributed by atoms with Gasteiger partial charge in [0.05, 0.1) is 21.2 Å². The molecule has 0 aliphatic heterocycles. The highest BCUT2D eigenvalue weighted by Crippen LogP contribution is 2.11. The van der Waals surface area contributed by atoms with Crippen LogP contribution in [0.25, 0.3) is 0 Å². The lowest BCUT2D eigenvalue weighted by Gasteiger charge is -2.11. The number of benzene rings is 2. The van der Waals surface area contributed by atoms with Crippen LogP contribution >= 0.6 is 0 Å². The van der Waals surface area contributed by atoms with Crippen LogP contribution in [0, 0.1) is 5.92 Å². The van der Waals surface area contributed by atoms with Gasteiger partial charge in [0.2, 0.25) is 0 Å². The maximum absolute atomic E-state index is 11.9. The van der Waals surface area contributed by atoms with Crippen molar-refractivity contribution in [3.8, 4) is 0 Å². The molecule has 218 valence electrons. The second-order valence-corrected chi connectivity index (χ2v) is 8.87. The van der Waals surface area contributed by atoms with E-state index in [9.17, 15) is 19.2 Å². The summed E-state index contributed by atoms with van der Waals surface area (Å²) in [7, 11) is 0. The molecule has 0 heterocycles. The molecular weight excluding hydrogens is 528 g/mol. The molecule has 0 saturated carbocycles. The summed E-state index contributed by atoms with van der Waals surface area (Å²) in [6.45, 7) is 5.27. The molecule has 40 heavy (non-hydrogen) atoms. The molecule has 12 heteroatoms. The lowest BCUT2D eigenvalue weighted by Crippen LogP contribution is -2.20. The topological polar surface area (TPSA) is 142 Å². The normalized spacial score (nSPS) is 10.5. The summed E-state index contributed by atoms with van der Waals surface area (Å²) in [6, 6.07) is 13.5. The van der Waals surface area contributed by atoms with Gasteiger partial charge in [-0.25, -0.2) is 29.0 Å². The molecule has 0 fully saturated rings. The molecule has 0 unspecified atom stereocenters. The molecule has 0 amide bonds. The number of ether oxygens (including phenoxy) is 2. The van der Waals surface area contributed by atoms with Crippen LogP contribution in [0.5, 0.6) is 0 Å². The Kier molecular flexibility index (Phi) is 14.6. The van der Waals surface area contributed by atoms with Gasteiger partial charge in [-0.05, 0) is 61.1 Å². The summed E-state index contributed by atoms with van der Waals surface area (Å²) in [5.74, 6) is -2.21. The number of hydrogen-bond acceptors (Lipinski definition) is 12. The van der Waals surface area contributed by atoms with Crippen LogP contribution in [0.2, 0.25) is 0 Å². The van der Waals surface area contributed by atoms with Crippen LogP contribution in [0.15, 0.2) is 48.5 Å². The average Bonchev–Trinajstić information content (AvgIpc) is 2.97. The Hall–Kier alpha value is -4.16. The molecule has 0 N–H and O–H groups in total. The van der Waals surface area contributed by atoms with Crippen LogP contribution in [-0.4, -0.2) is 37.5 Å². The summed E-state index contributed by atoms with van der Waals surface area (Å²) in [4.78, 5) is 64.2. The predicted octanol–water partition coefficient (Wildman–Crippen LogP) is 6.02. The zero-order valence-corrected chi connectivity index (χ0v) is 22.8. The van der Waals surface area contributed by atoms with E-state index in [1.807, 2.05) is 0 Å². The first kappa shape index (κ1) is 32.1. The summed E-state index contributed by atoms with van der Waals surface area (Å²) in [5, 5.41) is 8.33. The third-order valence-corrected chi connectivity index (χ3v) is 5.41. The summed E-state index contributed by atoms with van der Waals surface area (Å²) < 4.78 is 9.52. The minimum Gasteiger partial charge on any atom is -0.432 e. The van der Waals surface area contributed by atoms with E-state index < -0.39 is 30.2 Å². The van der Waals surface area contributed by atoms with Crippen molar-refractivity contribution in [2.75, 3.05) is 13.2 Å². The SMILES string of the molecule is CCCCc1ccc(C(=O)OOOC(=O)OCC(C)COC(=O)OOOC(=O)c2ccc(CCCC)cc2)cc1. The van der Waals surface area contributed by atoms with Crippen LogP contribution in [0.3, 0.4) is 0 Å². The van der Waals surface area contributed by atoms with Crippen molar-refractivity contribution in [2.24, 2.45) is 5.92 Å².